The number of carbonyl (C=O) groups excluding carboxylic acids is 9. The van der Waals surface area contributed by atoms with Gasteiger partial charge in [-0.1, -0.05) is 106 Å². The zero-order chi connectivity index (χ0) is 67.9. The third-order valence-corrected chi connectivity index (χ3v) is 17.2. The number of primary amides is 1. The highest BCUT2D eigenvalue weighted by Gasteiger charge is 2.48. The van der Waals surface area contributed by atoms with E-state index in [-0.39, 0.29) is 88.4 Å². The van der Waals surface area contributed by atoms with Crippen LogP contribution in [0.5, 0.6) is 0 Å². The van der Waals surface area contributed by atoms with Gasteiger partial charge in [0.1, 0.15) is 43.0 Å². The third-order valence-electron chi connectivity index (χ3n) is 17.2. The fraction of sp³-hybridized carbons (Fsp3) is 0.515. The van der Waals surface area contributed by atoms with Crippen LogP contribution in [0.1, 0.15) is 123 Å². The molecule has 504 valence electrons. The average molecular weight is 1290 g/mol. The number of hydrogen-bond acceptors (Lipinski definition) is 18. The highest BCUT2D eigenvalue weighted by Crippen LogP contribution is 2.45. The Kier molecular flexibility index (Phi) is 24.9. The largest absolute Gasteiger partial charge is 0.457 e. The second-order valence-electron chi connectivity index (χ2n) is 24.9. The molecule has 13 atom stereocenters. The summed E-state index contributed by atoms with van der Waals surface area (Å²) >= 11 is 0. The van der Waals surface area contributed by atoms with Crippen LogP contribution in [-0.4, -0.2) is 178 Å². The number of cyclic esters (lactones) is 1. The lowest BCUT2D eigenvalue weighted by Gasteiger charge is -2.38. The second-order valence-corrected chi connectivity index (χ2v) is 24.9. The van der Waals surface area contributed by atoms with Gasteiger partial charge in [-0.25, -0.2) is 14.4 Å². The summed E-state index contributed by atoms with van der Waals surface area (Å²) in [5.41, 5.74) is 8.20. The van der Waals surface area contributed by atoms with Crippen LogP contribution in [0.4, 0.5) is 20.1 Å². The number of hydrogen-bond donors (Lipinski definition) is 8. The summed E-state index contributed by atoms with van der Waals surface area (Å²) in [5, 5.41) is 42.5. The number of allylic oxidation sites excluding steroid dienone is 2. The number of nitrogens with zero attached hydrogens (tertiary/aromatic N) is 2. The number of piperazine rings is 1. The van der Waals surface area contributed by atoms with Crippen molar-refractivity contribution in [1.82, 2.24) is 25.8 Å². The van der Waals surface area contributed by atoms with Crippen LogP contribution in [0.15, 0.2) is 109 Å². The Morgan fingerprint density at radius 2 is 1.43 bits per heavy atom. The molecule has 93 heavy (non-hydrogen) atoms. The lowest BCUT2D eigenvalue weighted by molar-refractivity contribution is -0.168. The van der Waals surface area contributed by atoms with Gasteiger partial charge in [0.25, 0.3) is 0 Å². The molecule has 7 amide bonds. The number of nitrogens with one attached hydrogen (secondary N) is 4. The first-order valence-corrected chi connectivity index (χ1v) is 31.5. The molecule has 3 aromatic rings. The van der Waals surface area contributed by atoms with Crippen molar-refractivity contribution in [3.8, 4) is 11.1 Å². The first-order chi connectivity index (χ1) is 44.0. The van der Waals surface area contributed by atoms with Crippen molar-refractivity contribution in [3.05, 3.63) is 125 Å². The van der Waals surface area contributed by atoms with Gasteiger partial charge < -0.3 is 80.5 Å². The first kappa shape index (κ1) is 71.8. The number of nitrogens with two attached hydrogens (primary N) is 1. The number of anilines is 1. The molecule has 7 rings (SSSR count). The van der Waals surface area contributed by atoms with Crippen molar-refractivity contribution >= 4 is 59.5 Å². The van der Waals surface area contributed by atoms with Gasteiger partial charge in [0.2, 0.25) is 23.6 Å². The number of amides is 7. The summed E-state index contributed by atoms with van der Waals surface area (Å²) in [5.74, 6) is -5.41. The predicted octanol–water partition coefficient (Wildman–Crippen LogP) is 5.97. The Hall–Kier alpha value is -8.65. The average Bonchev–Trinajstić information content (AvgIpc) is 1.64. The monoisotopic (exact) mass is 1290 g/mol. The van der Waals surface area contributed by atoms with Crippen molar-refractivity contribution in [2.45, 2.75) is 179 Å². The van der Waals surface area contributed by atoms with Gasteiger partial charge in [-0.15, -0.1) is 0 Å². The van der Waals surface area contributed by atoms with Gasteiger partial charge in [0, 0.05) is 63.0 Å². The number of aliphatic hydroxyl groups excluding tert-OH is 2. The maximum absolute atomic E-state index is 14.0. The maximum Gasteiger partial charge on any atom is 0.410 e. The van der Waals surface area contributed by atoms with E-state index in [0.29, 0.717) is 24.0 Å². The Morgan fingerprint density at radius 1 is 0.828 bits per heavy atom. The number of carbonyl (C=O) groups is 9. The van der Waals surface area contributed by atoms with Gasteiger partial charge >= 0.3 is 30.2 Å². The van der Waals surface area contributed by atoms with E-state index >= 15 is 0 Å². The van der Waals surface area contributed by atoms with Gasteiger partial charge in [-0.2, -0.15) is 0 Å². The molecule has 2 saturated heterocycles. The molecular weight excluding hydrogens is 1200 g/mol. The molecule has 9 N–H and O–H groups in total. The van der Waals surface area contributed by atoms with Crippen molar-refractivity contribution in [2.24, 2.45) is 17.6 Å². The number of rotatable bonds is 23. The molecule has 2 fully saturated rings. The minimum absolute atomic E-state index is 0.0101. The summed E-state index contributed by atoms with van der Waals surface area (Å²) in [4.78, 5) is 121. The first-order valence-electron chi connectivity index (χ1n) is 31.5. The summed E-state index contributed by atoms with van der Waals surface area (Å²) in [6.45, 7) is 14.6. The van der Waals surface area contributed by atoms with Gasteiger partial charge in [-0.3, -0.25) is 28.8 Å². The summed E-state index contributed by atoms with van der Waals surface area (Å²) in [7, 11) is 0. The van der Waals surface area contributed by atoms with E-state index in [2.05, 4.69) is 21.3 Å². The predicted molar refractivity (Wildman–Crippen MR) is 340 cm³/mol. The molecular formula is C68H89N7O18. The van der Waals surface area contributed by atoms with Crippen LogP contribution >= 0.6 is 0 Å². The number of esters is 2. The third kappa shape index (κ3) is 20.2. The van der Waals surface area contributed by atoms with Gasteiger partial charge in [0.05, 0.1) is 42.9 Å². The number of benzene rings is 3. The van der Waals surface area contributed by atoms with Gasteiger partial charge in [0.15, 0.2) is 6.10 Å². The lowest BCUT2D eigenvalue weighted by atomic mass is 9.88. The summed E-state index contributed by atoms with van der Waals surface area (Å²) in [6.07, 6.45) is 1.71. The van der Waals surface area contributed by atoms with Crippen LogP contribution in [-0.2, 0) is 63.8 Å². The molecule has 0 unspecified atom stereocenters. The summed E-state index contributed by atoms with van der Waals surface area (Å²) in [6, 6.07) is 18.1. The lowest BCUT2D eigenvalue weighted by Crippen LogP contribution is -2.55. The number of alkyl carbamates (subject to hydrolysis) is 1. The van der Waals surface area contributed by atoms with E-state index in [0.717, 1.165) is 22.3 Å². The Balaban J connectivity index is 0.871. The van der Waals surface area contributed by atoms with E-state index in [1.54, 1.807) is 70.2 Å². The summed E-state index contributed by atoms with van der Waals surface area (Å²) < 4.78 is 34.8. The molecule has 25 nitrogen and oxygen atoms in total. The molecule has 0 saturated carbocycles. The van der Waals surface area contributed by atoms with Crippen molar-refractivity contribution in [1.29, 1.82) is 0 Å². The Bertz CT molecular complexity index is 3230. The minimum atomic E-state index is -1.51. The van der Waals surface area contributed by atoms with Crippen LogP contribution in [0, 0.1) is 11.8 Å². The van der Waals surface area contributed by atoms with Crippen molar-refractivity contribution in [2.75, 3.05) is 38.1 Å². The molecule has 3 heterocycles. The standard InChI is InChI=1S/C68H89N7O18/c1-10-54(78)41(4)60-55(90-60)36-67(8,87)28-15-16-39(2)59-40(3)21-26-56(68(9,93-44(7)76)29-27-47(77)34-58(80)92-59)91-66(86)75-32-30-74(31-33-75)65(85)89-37-45-22-24-46(25-23-45)72-63(83)53(35-57(69)79)73-62(82)42(5)70-61(81)43(6)71-64(84)88-38-52-50-19-13-11-17-48(50)49-18-12-14-20-51(49)52/h11-26,28,40-43,47,52-56,59-60,77-78,87H,10,27,29-38H2,1-9H3,(H2,69,79)(H,70,81)(H,71,84)(H,72,83)(H,73,82)/b26-21+,28-15+,39-16+/t40-,41+,42+,43-,47+,53+,54-,55+,56-,59+,60+,67-,68+/m0/s1. The molecule has 1 aliphatic carbocycles. The fourth-order valence-electron chi connectivity index (χ4n) is 11.6. The normalized spacial score (nSPS) is 24.2. The zero-order valence-electron chi connectivity index (χ0n) is 54.2. The molecule has 0 spiro atoms. The van der Waals surface area contributed by atoms with Crippen molar-refractivity contribution in [3.63, 3.8) is 0 Å². The highest BCUT2D eigenvalue weighted by molar-refractivity contribution is 6.00. The molecule has 0 radical (unpaired) electrons. The van der Waals surface area contributed by atoms with Crippen LogP contribution in [0.2, 0.25) is 0 Å². The fourth-order valence-corrected chi connectivity index (χ4v) is 11.6. The maximum atomic E-state index is 14.0. The second kappa shape index (κ2) is 32.3. The molecule has 4 aliphatic rings. The molecule has 3 aromatic carbocycles. The van der Waals surface area contributed by atoms with E-state index in [1.807, 2.05) is 62.4 Å². The van der Waals surface area contributed by atoms with Crippen LogP contribution < -0.4 is 27.0 Å². The van der Waals surface area contributed by atoms with E-state index in [1.165, 1.54) is 42.7 Å². The molecule has 3 aliphatic heterocycles. The molecule has 25 heteroatoms. The molecule has 0 aromatic heterocycles. The van der Waals surface area contributed by atoms with Gasteiger partial charge in [-0.05, 0) is 105 Å². The van der Waals surface area contributed by atoms with E-state index in [9.17, 15) is 58.5 Å². The molecule has 0 bridgehead atoms. The Morgan fingerprint density at radius 3 is 2.04 bits per heavy atom. The smallest absolute Gasteiger partial charge is 0.410 e. The quantitative estimate of drug-likeness (QED) is 0.0178. The van der Waals surface area contributed by atoms with Crippen LogP contribution in [0.3, 0.4) is 0 Å². The number of epoxide rings is 1. The number of fused-ring (bicyclic) bond motifs is 3. The SMILES string of the molecule is CC[C@H](O)[C@@H](C)[C@H]1O[C@@H]1C[C@@](C)(O)/C=C/C=C(\C)[C@H]1OC(=O)C[C@H](O)CC[C@@](C)(OC(C)=O)[C@@H](OC(=O)N2CCN(C(=O)OCc3ccc(NC(=O)[C@@H](CC(N)=O)NC(=O)[C@@H](C)NC(=O)[C@H](C)NC(=O)OCC4c5ccccc5-c5ccccc54)cc3)CC2)/C=C/[C@@H]1C. The Labute approximate surface area is 541 Å². The van der Waals surface area contributed by atoms with E-state index < -0.39 is 120 Å². The topological polar surface area (TPSA) is 354 Å². The van der Waals surface area contributed by atoms with E-state index in [4.69, 9.17) is 34.2 Å². The number of aliphatic hydroxyl groups is 3. The minimum Gasteiger partial charge on any atom is -0.457 e. The number of ether oxygens (including phenoxy) is 6. The van der Waals surface area contributed by atoms with Crippen LogP contribution in [0.25, 0.3) is 11.1 Å². The highest BCUT2D eigenvalue weighted by atomic mass is 16.6. The zero-order valence-corrected chi connectivity index (χ0v) is 54.2. The van der Waals surface area contributed by atoms with Crippen molar-refractivity contribution < 1.29 is 86.9 Å².